The normalized spacial score (nSPS) is 13.7. The SMILES string of the molecule is CO[C@@H](C(=O)NC(CF)C(=O)O)c1ccccc1. The first-order valence-corrected chi connectivity index (χ1v) is 5.27. The van der Waals surface area contributed by atoms with Gasteiger partial charge in [-0.15, -0.1) is 0 Å². The molecule has 0 fully saturated rings. The first kappa shape index (κ1) is 14.1. The molecular formula is C12H14FNO4. The number of carboxylic acid groups (broad SMARTS) is 1. The number of amides is 1. The van der Waals surface area contributed by atoms with Gasteiger partial charge in [0, 0.05) is 7.11 Å². The third-order valence-corrected chi connectivity index (χ3v) is 2.35. The third-order valence-electron chi connectivity index (χ3n) is 2.35. The van der Waals surface area contributed by atoms with Crippen LogP contribution in [-0.4, -0.2) is 36.8 Å². The molecule has 1 amide bonds. The lowest BCUT2D eigenvalue weighted by molar-refractivity contribution is -0.144. The van der Waals surface area contributed by atoms with Crippen LogP contribution in [0.1, 0.15) is 11.7 Å². The molecule has 0 radical (unpaired) electrons. The Hall–Kier alpha value is -1.95. The minimum atomic E-state index is -1.56. The number of halogens is 1. The highest BCUT2D eigenvalue weighted by Crippen LogP contribution is 2.16. The Balaban J connectivity index is 2.78. The van der Waals surface area contributed by atoms with Crippen LogP contribution in [0, 0.1) is 0 Å². The third kappa shape index (κ3) is 3.53. The van der Waals surface area contributed by atoms with Gasteiger partial charge < -0.3 is 15.2 Å². The number of hydrogen-bond acceptors (Lipinski definition) is 3. The predicted octanol–water partition coefficient (Wildman–Crippen LogP) is 0.913. The number of ether oxygens (including phenoxy) is 1. The molecule has 2 atom stereocenters. The van der Waals surface area contributed by atoms with E-state index in [4.69, 9.17) is 9.84 Å². The van der Waals surface area contributed by atoms with Crippen LogP contribution in [0.3, 0.4) is 0 Å². The van der Waals surface area contributed by atoms with Gasteiger partial charge in [-0.1, -0.05) is 30.3 Å². The maximum absolute atomic E-state index is 12.4. The van der Waals surface area contributed by atoms with Crippen molar-refractivity contribution in [2.45, 2.75) is 12.1 Å². The van der Waals surface area contributed by atoms with Gasteiger partial charge in [-0.25, -0.2) is 9.18 Å². The molecule has 0 spiro atoms. The van der Waals surface area contributed by atoms with Crippen molar-refractivity contribution in [3.05, 3.63) is 35.9 Å². The van der Waals surface area contributed by atoms with E-state index in [9.17, 15) is 14.0 Å². The van der Waals surface area contributed by atoms with Gasteiger partial charge in [0.1, 0.15) is 6.67 Å². The molecule has 2 N–H and O–H groups in total. The van der Waals surface area contributed by atoms with Crippen LogP contribution >= 0.6 is 0 Å². The maximum Gasteiger partial charge on any atom is 0.328 e. The number of carbonyl (C=O) groups is 2. The van der Waals surface area contributed by atoms with Crippen LogP contribution in [0.25, 0.3) is 0 Å². The van der Waals surface area contributed by atoms with Gasteiger partial charge in [-0.05, 0) is 5.56 Å². The zero-order valence-corrected chi connectivity index (χ0v) is 9.80. The summed E-state index contributed by atoms with van der Waals surface area (Å²) in [6.45, 7) is -1.17. The second-order valence-corrected chi connectivity index (χ2v) is 3.58. The summed E-state index contributed by atoms with van der Waals surface area (Å²) < 4.78 is 17.4. The van der Waals surface area contributed by atoms with Crippen LogP contribution < -0.4 is 5.32 Å². The average molecular weight is 255 g/mol. The lowest BCUT2D eigenvalue weighted by atomic mass is 10.1. The molecular weight excluding hydrogens is 241 g/mol. The quantitative estimate of drug-likeness (QED) is 0.792. The fourth-order valence-electron chi connectivity index (χ4n) is 1.44. The number of alkyl halides is 1. The molecule has 0 aromatic heterocycles. The first-order chi connectivity index (χ1) is 8.60. The number of aliphatic carboxylic acids is 1. The molecule has 98 valence electrons. The predicted molar refractivity (Wildman–Crippen MR) is 61.7 cm³/mol. The second-order valence-electron chi connectivity index (χ2n) is 3.58. The molecule has 1 aromatic rings. The Morgan fingerprint density at radius 1 is 1.39 bits per heavy atom. The van der Waals surface area contributed by atoms with E-state index < -0.39 is 30.7 Å². The summed E-state index contributed by atoms with van der Waals surface area (Å²) >= 11 is 0. The largest absolute Gasteiger partial charge is 0.480 e. The summed E-state index contributed by atoms with van der Waals surface area (Å²) in [5.41, 5.74) is 0.570. The van der Waals surface area contributed by atoms with Crippen LogP contribution in [0.2, 0.25) is 0 Å². The summed E-state index contributed by atoms with van der Waals surface area (Å²) in [4.78, 5) is 22.4. The molecule has 18 heavy (non-hydrogen) atoms. The van der Waals surface area contributed by atoms with Crippen LogP contribution in [0.4, 0.5) is 4.39 Å². The molecule has 0 aliphatic rings. The average Bonchev–Trinajstić information content (AvgIpc) is 2.37. The summed E-state index contributed by atoms with van der Waals surface area (Å²) in [6, 6.07) is 6.99. The van der Waals surface area contributed by atoms with Gasteiger partial charge >= 0.3 is 5.97 Å². The summed E-state index contributed by atoms with van der Waals surface area (Å²) in [7, 11) is 1.32. The first-order valence-electron chi connectivity index (χ1n) is 5.27. The van der Waals surface area contributed by atoms with E-state index in [1.807, 2.05) is 0 Å². The van der Waals surface area contributed by atoms with Crippen LogP contribution in [-0.2, 0) is 14.3 Å². The molecule has 1 rings (SSSR count). The van der Waals surface area contributed by atoms with E-state index in [0.717, 1.165) is 0 Å². The van der Waals surface area contributed by atoms with E-state index in [2.05, 4.69) is 5.32 Å². The smallest absolute Gasteiger partial charge is 0.328 e. The van der Waals surface area contributed by atoms with Gasteiger partial charge in [-0.2, -0.15) is 0 Å². The van der Waals surface area contributed by atoms with Crippen LogP contribution in [0.5, 0.6) is 0 Å². The maximum atomic E-state index is 12.4. The Bertz CT molecular complexity index is 410. The highest BCUT2D eigenvalue weighted by atomic mass is 19.1. The van der Waals surface area contributed by atoms with Gasteiger partial charge in [0.2, 0.25) is 0 Å². The molecule has 0 heterocycles. The lowest BCUT2D eigenvalue weighted by Crippen LogP contribution is -2.44. The van der Waals surface area contributed by atoms with E-state index in [0.29, 0.717) is 5.56 Å². The highest BCUT2D eigenvalue weighted by molar-refractivity contribution is 5.87. The van der Waals surface area contributed by atoms with Crippen molar-refractivity contribution in [3.63, 3.8) is 0 Å². The molecule has 1 unspecified atom stereocenters. The molecule has 0 saturated carbocycles. The highest BCUT2D eigenvalue weighted by Gasteiger charge is 2.26. The zero-order valence-electron chi connectivity index (χ0n) is 9.80. The van der Waals surface area contributed by atoms with Crippen molar-refractivity contribution >= 4 is 11.9 Å². The molecule has 1 aromatic carbocycles. The number of hydrogen-bond donors (Lipinski definition) is 2. The molecule has 0 saturated heterocycles. The molecule has 6 heteroatoms. The number of rotatable bonds is 6. The van der Waals surface area contributed by atoms with Gasteiger partial charge in [0.05, 0.1) is 0 Å². The Morgan fingerprint density at radius 3 is 2.44 bits per heavy atom. The van der Waals surface area contributed by atoms with Crippen molar-refractivity contribution in [3.8, 4) is 0 Å². The van der Waals surface area contributed by atoms with E-state index in [1.54, 1.807) is 30.3 Å². The standard InChI is InChI=1S/C12H14FNO4/c1-18-10(8-5-3-2-4-6-8)11(15)14-9(7-13)12(16)17/h2-6,9-10H,7H2,1H3,(H,14,15)(H,16,17)/t9?,10-/m1/s1. The Morgan fingerprint density at radius 2 is 2.00 bits per heavy atom. The lowest BCUT2D eigenvalue weighted by Gasteiger charge is -2.18. The van der Waals surface area contributed by atoms with Crippen molar-refractivity contribution < 1.29 is 23.8 Å². The summed E-state index contributed by atoms with van der Waals surface area (Å²) in [5, 5.41) is 10.7. The van der Waals surface area contributed by atoms with Crippen molar-refractivity contribution in [1.29, 1.82) is 0 Å². The van der Waals surface area contributed by atoms with Crippen molar-refractivity contribution in [2.75, 3.05) is 13.8 Å². The minimum absolute atomic E-state index is 0.570. The van der Waals surface area contributed by atoms with Crippen LogP contribution in [0.15, 0.2) is 30.3 Å². The Kier molecular flexibility index (Phi) is 5.26. The number of benzene rings is 1. The summed E-state index contributed by atoms with van der Waals surface area (Å²) in [6.07, 6.45) is -0.959. The Labute approximate surface area is 104 Å². The topological polar surface area (TPSA) is 75.6 Å². The number of nitrogens with one attached hydrogen (secondary N) is 1. The molecule has 5 nitrogen and oxygen atoms in total. The van der Waals surface area contributed by atoms with E-state index in [1.165, 1.54) is 7.11 Å². The second kappa shape index (κ2) is 6.70. The van der Waals surface area contributed by atoms with E-state index in [-0.39, 0.29) is 0 Å². The minimum Gasteiger partial charge on any atom is -0.480 e. The number of carboxylic acids is 1. The fourth-order valence-corrected chi connectivity index (χ4v) is 1.44. The van der Waals surface area contributed by atoms with Crippen molar-refractivity contribution in [1.82, 2.24) is 5.32 Å². The molecule has 0 aliphatic carbocycles. The van der Waals surface area contributed by atoms with Gasteiger partial charge in [0.15, 0.2) is 12.1 Å². The fraction of sp³-hybridized carbons (Fsp3) is 0.333. The van der Waals surface area contributed by atoms with Gasteiger partial charge in [-0.3, -0.25) is 4.79 Å². The summed E-state index contributed by atoms with van der Waals surface area (Å²) in [5.74, 6) is -2.11. The van der Waals surface area contributed by atoms with Crippen molar-refractivity contribution in [2.24, 2.45) is 0 Å². The molecule has 0 aliphatic heterocycles. The molecule has 0 bridgehead atoms. The number of methoxy groups -OCH3 is 1. The van der Waals surface area contributed by atoms with Gasteiger partial charge in [0.25, 0.3) is 5.91 Å². The van der Waals surface area contributed by atoms with E-state index >= 15 is 0 Å². The monoisotopic (exact) mass is 255 g/mol. The number of carbonyl (C=O) groups excluding carboxylic acids is 1. The zero-order chi connectivity index (χ0) is 13.5.